The molecule has 114 valence electrons. The highest BCUT2D eigenvalue weighted by molar-refractivity contribution is 5.78. The van der Waals surface area contributed by atoms with E-state index in [0.717, 1.165) is 18.8 Å². The molecular weight excluding hydrogens is 266 g/mol. The molecule has 1 atom stereocenters. The van der Waals surface area contributed by atoms with Gasteiger partial charge in [0.1, 0.15) is 6.10 Å². The summed E-state index contributed by atoms with van der Waals surface area (Å²) in [6, 6.07) is 5.81. The number of nitrogens with zero attached hydrogens (tertiary/aromatic N) is 3. The maximum atomic E-state index is 12.5. The quantitative estimate of drug-likeness (QED) is 0.845. The Labute approximate surface area is 125 Å². The van der Waals surface area contributed by atoms with Gasteiger partial charge in [0.15, 0.2) is 0 Å². The van der Waals surface area contributed by atoms with Gasteiger partial charge >= 0.3 is 0 Å². The molecule has 2 saturated heterocycles. The normalized spacial score (nSPS) is 24.0. The minimum atomic E-state index is -0.0924. The molecule has 1 amide bonds. The van der Waals surface area contributed by atoms with Crippen LogP contribution in [-0.2, 0) is 9.53 Å². The Kier molecular flexibility index (Phi) is 4.83. The average molecular weight is 289 g/mol. The molecule has 0 spiro atoms. The fourth-order valence-electron chi connectivity index (χ4n) is 3.03. The summed E-state index contributed by atoms with van der Waals surface area (Å²) >= 11 is 0. The molecule has 0 radical (unpaired) electrons. The summed E-state index contributed by atoms with van der Waals surface area (Å²) < 4.78 is 5.76. The molecule has 1 aromatic heterocycles. The first kappa shape index (κ1) is 14.5. The van der Waals surface area contributed by atoms with Crippen LogP contribution in [0.4, 0.5) is 0 Å². The SMILES string of the molecule is O=C(CN1CCCCC1)N1CCO[C@@H](c2ccccn2)C1. The maximum absolute atomic E-state index is 12.5. The highest BCUT2D eigenvalue weighted by Gasteiger charge is 2.27. The van der Waals surface area contributed by atoms with Crippen molar-refractivity contribution in [3.05, 3.63) is 30.1 Å². The topological polar surface area (TPSA) is 45.7 Å². The predicted octanol–water partition coefficient (Wildman–Crippen LogP) is 1.47. The Morgan fingerprint density at radius 3 is 2.86 bits per heavy atom. The minimum Gasteiger partial charge on any atom is -0.368 e. The van der Waals surface area contributed by atoms with Crippen LogP contribution in [0.2, 0.25) is 0 Å². The largest absolute Gasteiger partial charge is 0.368 e. The Bertz CT molecular complexity index is 460. The van der Waals surface area contributed by atoms with E-state index in [0.29, 0.717) is 26.2 Å². The van der Waals surface area contributed by atoms with Crippen LogP contribution in [0.5, 0.6) is 0 Å². The molecule has 0 aliphatic carbocycles. The minimum absolute atomic E-state index is 0.0924. The highest BCUT2D eigenvalue weighted by Crippen LogP contribution is 2.20. The van der Waals surface area contributed by atoms with Crippen molar-refractivity contribution in [2.45, 2.75) is 25.4 Å². The third-order valence-corrected chi connectivity index (χ3v) is 4.24. The number of piperidine rings is 1. The second kappa shape index (κ2) is 7.00. The van der Waals surface area contributed by atoms with Gasteiger partial charge in [-0.1, -0.05) is 12.5 Å². The maximum Gasteiger partial charge on any atom is 0.236 e. The number of carbonyl (C=O) groups excluding carboxylic acids is 1. The van der Waals surface area contributed by atoms with E-state index in [2.05, 4.69) is 9.88 Å². The van der Waals surface area contributed by atoms with Crippen molar-refractivity contribution >= 4 is 5.91 Å². The Hall–Kier alpha value is -1.46. The molecule has 2 fully saturated rings. The van der Waals surface area contributed by atoms with Crippen LogP contribution in [-0.4, -0.2) is 60.0 Å². The standard InChI is InChI=1S/C16H23N3O2/c20-16(13-18-8-4-1-5-9-18)19-10-11-21-15(12-19)14-6-2-3-7-17-14/h2-3,6-7,15H,1,4-5,8-13H2/t15-/m1/s1. The van der Waals surface area contributed by atoms with Crippen LogP contribution >= 0.6 is 0 Å². The first-order valence-corrected chi connectivity index (χ1v) is 7.85. The lowest BCUT2D eigenvalue weighted by atomic mass is 10.1. The van der Waals surface area contributed by atoms with Gasteiger partial charge in [-0.25, -0.2) is 0 Å². The molecule has 1 aromatic rings. The van der Waals surface area contributed by atoms with Gasteiger partial charge in [-0.05, 0) is 38.1 Å². The van der Waals surface area contributed by atoms with E-state index in [4.69, 9.17) is 4.74 Å². The van der Waals surface area contributed by atoms with Crippen molar-refractivity contribution in [1.29, 1.82) is 0 Å². The number of likely N-dealkylation sites (tertiary alicyclic amines) is 1. The summed E-state index contributed by atoms with van der Waals surface area (Å²) in [4.78, 5) is 21.0. The lowest BCUT2D eigenvalue weighted by Crippen LogP contribution is -2.47. The van der Waals surface area contributed by atoms with Gasteiger partial charge in [0.25, 0.3) is 0 Å². The molecule has 21 heavy (non-hydrogen) atoms. The molecule has 2 aliphatic heterocycles. The van der Waals surface area contributed by atoms with Gasteiger partial charge in [-0.2, -0.15) is 0 Å². The van der Waals surface area contributed by atoms with E-state index in [9.17, 15) is 4.79 Å². The monoisotopic (exact) mass is 289 g/mol. The summed E-state index contributed by atoms with van der Waals surface area (Å²) in [5.41, 5.74) is 0.910. The summed E-state index contributed by atoms with van der Waals surface area (Å²) in [7, 11) is 0. The third-order valence-electron chi connectivity index (χ3n) is 4.24. The summed E-state index contributed by atoms with van der Waals surface area (Å²) in [5, 5.41) is 0. The van der Waals surface area contributed by atoms with Gasteiger partial charge < -0.3 is 9.64 Å². The average Bonchev–Trinajstić information content (AvgIpc) is 2.57. The number of ether oxygens (including phenoxy) is 1. The number of carbonyl (C=O) groups is 1. The van der Waals surface area contributed by atoms with Crippen LogP contribution < -0.4 is 0 Å². The molecule has 3 heterocycles. The predicted molar refractivity (Wildman–Crippen MR) is 79.8 cm³/mol. The van der Waals surface area contributed by atoms with E-state index in [-0.39, 0.29) is 12.0 Å². The van der Waals surface area contributed by atoms with Crippen molar-refractivity contribution in [3.8, 4) is 0 Å². The first-order valence-electron chi connectivity index (χ1n) is 7.85. The van der Waals surface area contributed by atoms with Crippen LogP contribution in [0.3, 0.4) is 0 Å². The fourth-order valence-corrected chi connectivity index (χ4v) is 3.03. The Morgan fingerprint density at radius 2 is 2.10 bits per heavy atom. The number of morpholine rings is 1. The molecule has 0 aromatic carbocycles. The molecule has 3 rings (SSSR count). The molecule has 0 unspecified atom stereocenters. The molecule has 0 bridgehead atoms. The van der Waals surface area contributed by atoms with Crippen molar-refractivity contribution in [2.24, 2.45) is 0 Å². The second-order valence-electron chi connectivity index (χ2n) is 5.79. The number of pyridine rings is 1. The number of rotatable bonds is 3. The van der Waals surface area contributed by atoms with Crippen molar-refractivity contribution in [2.75, 3.05) is 39.3 Å². The fraction of sp³-hybridized carbons (Fsp3) is 0.625. The number of hydrogen-bond acceptors (Lipinski definition) is 4. The zero-order chi connectivity index (χ0) is 14.5. The van der Waals surface area contributed by atoms with Crippen molar-refractivity contribution in [3.63, 3.8) is 0 Å². The van der Waals surface area contributed by atoms with Crippen LogP contribution in [0, 0.1) is 0 Å². The Balaban J connectivity index is 1.56. The summed E-state index contributed by atoms with van der Waals surface area (Å²) in [5.74, 6) is 0.223. The van der Waals surface area contributed by atoms with E-state index >= 15 is 0 Å². The van der Waals surface area contributed by atoms with Gasteiger partial charge in [0, 0.05) is 12.7 Å². The number of amides is 1. The van der Waals surface area contributed by atoms with E-state index < -0.39 is 0 Å². The van der Waals surface area contributed by atoms with E-state index in [1.165, 1.54) is 19.3 Å². The second-order valence-corrected chi connectivity index (χ2v) is 5.79. The van der Waals surface area contributed by atoms with E-state index in [1.807, 2.05) is 23.1 Å². The van der Waals surface area contributed by atoms with Crippen LogP contribution in [0.1, 0.15) is 31.1 Å². The third kappa shape index (κ3) is 3.80. The molecule has 0 N–H and O–H groups in total. The van der Waals surface area contributed by atoms with Gasteiger partial charge in [0.05, 0.1) is 25.4 Å². The van der Waals surface area contributed by atoms with E-state index in [1.54, 1.807) is 6.20 Å². The van der Waals surface area contributed by atoms with Gasteiger partial charge in [-0.3, -0.25) is 14.7 Å². The molecule has 5 heteroatoms. The zero-order valence-corrected chi connectivity index (χ0v) is 12.4. The smallest absolute Gasteiger partial charge is 0.236 e. The van der Waals surface area contributed by atoms with Gasteiger partial charge in [0.2, 0.25) is 5.91 Å². The molecule has 5 nitrogen and oxygen atoms in total. The van der Waals surface area contributed by atoms with Gasteiger partial charge in [-0.15, -0.1) is 0 Å². The Morgan fingerprint density at radius 1 is 1.24 bits per heavy atom. The number of hydrogen-bond donors (Lipinski definition) is 0. The highest BCUT2D eigenvalue weighted by atomic mass is 16.5. The zero-order valence-electron chi connectivity index (χ0n) is 12.4. The van der Waals surface area contributed by atoms with Crippen LogP contribution in [0.25, 0.3) is 0 Å². The molecular formula is C16H23N3O2. The van der Waals surface area contributed by atoms with Crippen LogP contribution in [0.15, 0.2) is 24.4 Å². The first-order chi connectivity index (χ1) is 10.3. The number of aromatic nitrogens is 1. The summed E-state index contributed by atoms with van der Waals surface area (Å²) in [6.07, 6.45) is 5.40. The van der Waals surface area contributed by atoms with Crippen molar-refractivity contribution in [1.82, 2.24) is 14.8 Å². The molecule has 0 saturated carbocycles. The molecule has 2 aliphatic rings. The lowest BCUT2D eigenvalue weighted by molar-refractivity contribution is -0.140. The van der Waals surface area contributed by atoms with Crippen molar-refractivity contribution < 1.29 is 9.53 Å². The summed E-state index contributed by atoms with van der Waals surface area (Å²) in [6.45, 7) is 4.56. The lowest BCUT2D eigenvalue weighted by Gasteiger charge is -2.35.